The van der Waals surface area contributed by atoms with Crippen molar-refractivity contribution in [3.05, 3.63) is 0 Å². The summed E-state index contributed by atoms with van der Waals surface area (Å²) in [5.74, 6) is 0. The second-order valence-electron chi connectivity index (χ2n) is 5.48. The minimum atomic E-state index is 0.396. The molecule has 1 fully saturated rings. The van der Waals surface area contributed by atoms with Gasteiger partial charge in [0.2, 0.25) is 0 Å². The number of hydrogen-bond acceptors (Lipinski definition) is 2. The van der Waals surface area contributed by atoms with E-state index in [9.17, 15) is 0 Å². The molecule has 0 aromatic carbocycles. The van der Waals surface area contributed by atoms with E-state index in [2.05, 4.69) is 44.7 Å². The van der Waals surface area contributed by atoms with Crippen molar-refractivity contribution in [2.75, 3.05) is 33.7 Å². The molecule has 0 amide bonds. The van der Waals surface area contributed by atoms with Crippen molar-refractivity contribution < 1.29 is 0 Å². The van der Waals surface area contributed by atoms with Crippen molar-refractivity contribution in [1.29, 1.82) is 0 Å². The number of rotatable bonds is 0. The topological polar surface area (TPSA) is 6.48 Å². The third kappa shape index (κ3) is 7.77. The molecule has 1 atom stereocenters. The van der Waals surface area contributed by atoms with Crippen LogP contribution in [0.1, 0.15) is 54.9 Å². The lowest BCUT2D eigenvalue weighted by Crippen LogP contribution is -2.46. The fraction of sp³-hybridized carbons (Fsp3) is 1.00. The highest BCUT2D eigenvalue weighted by atomic mass is 15.2. The van der Waals surface area contributed by atoms with Gasteiger partial charge in [0.1, 0.15) is 0 Å². The van der Waals surface area contributed by atoms with Crippen LogP contribution in [0.15, 0.2) is 0 Å². The largest absolute Gasteiger partial charge is 0.305 e. The van der Waals surface area contributed by atoms with Crippen molar-refractivity contribution in [1.82, 2.24) is 9.80 Å². The predicted molar refractivity (Wildman–Crippen MR) is 80.7 cm³/mol. The van der Waals surface area contributed by atoms with Gasteiger partial charge < -0.3 is 9.80 Å². The van der Waals surface area contributed by atoms with Crippen LogP contribution in [0.3, 0.4) is 0 Å². The summed E-state index contributed by atoms with van der Waals surface area (Å²) < 4.78 is 0. The molecule has 1 heterocycles. The Balaban J connectivity index is 0. The maximum absolute atomic E-state index is 2.52. The summed E-state index contributed by atoms with van der Waals surface area (Å²) in [7, 11) is 4.49. The Morgan fingerprint density at radius 1 is 0.882 bits per heavy atom. The Kier molecular flexibility index (Phi) is 11.2. The first-order chi connectivity index (χ1) is 7.91. The summed E-state index contributed by atoms with van der Waals surface area (Å²) in [5.41, 5.74) is 0.396. The van der Waals surface area contributed by atoms with Gasteiger partial charge in [0.15, 0.2) is 0 Å². The van der Waals surface area contributed by atoms with E-state index in [1.807, 2.05) is 27.7 Å². The summed E-state index contributed by atoms with van der Waals surface area (Å²) in [6, 6.07) is 0.694. The highest BCUT2D eigenvalue weighted by Crippen LogP contribution is 2.25. The van der Waals surface area contributed by atoms with Crippen molar-refractivity contribution in [2.45, 2.75) is 60.9 Å². The Morgan fingerprint density at radius 2 is 1.35 bits per heavy atom. The molecule has 1 saturated heterocycles. The molecule has 0 radical (unpaired) electrons. The average molecular weight is 244 g/mol. The molecule has 0 aliphatic carbocycles. The quantitative estimate of drug-likeness (QED) is 0.641. The zero-order valence-electron chi connectivity index (χ0n) is 13.8. The van der Waals surface area contributed by atoms with E-state index in [-0.39, 0.29) is 0 Å². The molecule has 0 spiro atoms. The molecule has 0 bridgehead atoms. The molecule has 0 aromatic heterocycles. The summed E-state index contributed by atoms with van der Waals surface area (Å²) in [6.07, 6.45) is 1.31. The first-order valence-electron chi connectivity index (χ1n) is 7.30. The zero-order chi connectivity index (χ0) is 14.1. The molecular weight excluding hydrogens is 208 g/mol. The second kappa shape index (κ2) is 9.90. The maximum atomic E-state index is 2.52. The Labute approximate surface area is 110 Å². The molecular formula is C15H36N2. The van der Waals surface area contributed by atoms with E-state index in [1.54, 1.807) is 0 Å². The van der Waals surface area contributed by atoms with Crippen molar-refractivity contribution in [3.63, 3.8) is 0 Å². The van der Waals surface area contributed by atoms with E-state index in [0.717, 1.165) is 0 Å². The fourth-order valence-electron chi connectivity index (χ4n) is 2.21. The van der Waals surface area contributed by atoms with Gasteiger partial charge in [-0.2, -0.15) is 0 Å². The van der Waals surface area contributed by atoms with Gasteiger partial charge in [-0.05, 0) is 39.0 Å². The standard InChI is InChI=1S/C11H24N2.2C2H6/c1-11(2,3)10-9-12(4)7-6-8-13(10)5;2*1-2/h10H,6-9H2,1-5H3;2*1-2H3. The van der Waals surface area contributed by atoms with Gasteiger partial charge in [-0.25, -0.2) is 0 Å². The lowest BCUT2D eigenvalue weighted by Gasteiger charge is -2.38. The number of likely N-dealkylation sites (N-methyl/N-ethyl adjacent to an activating group) is 2. The van der Waals surface area contributed by atoms with E-state index in [1.165, 1.54) is 26.1 Å². The van der Waals surface area contributed by atoms with E-state index >= 15 is 0 Å². The van der Waals surface area contributed by atoms with Crippen LogP contribution in [0.5, 0.6) is 0 Å². The second-order valence-corrected chi connectivity index (χ2v) is 5.48. The van der Waals surface area contributed by atoms with Crippen LogP contribution < -0.4 is 0 Å². The van der Waals surface area contributed by atoms with E-state index in [4.69, 9.17) is 0 Å². The minimum Gasteiger partial charge on any atom is -0.305 e. The Hall–Kier alpha value is -0.0800. The molecule has 1 unspecified atom stereocenters. The minimum absolute atomic E-state index is 0.396. The van der Waals surface area contributed by atoms with Gasteiger partial charge in [0, 0.05) is 12.6 Å². The van der Waals surface area contributed by atoms with Crippen molar-refractivity contribution in [2.24, 2.45) is 5.41 Å². The normalized spacial score (nSPS) is 22.8. The molecule has 2 nitrogen and oxygen atoms in total. The van der Waals surface area contributed by atoms with Crippen LogP contribution in [-0.4, -0.2) is 49.6 Å². The average Bonchev–Trinajstić information content (AvgIpc) is 2.45. The molecule has 17 heavy (non-hydrogen) atoms. The lowest BCUT2D eigenvalue weighted by atomic mass is 9.85. The monoisotopic (exact) mass is 244 g/mol. The molecule has 1 aliphatic heterocycles. The highest BCUT2D eigenvalue weighted by Gasteiger charge is 2.30. The molecule has 106 valence electrons. The van der Waals surface area contributed by atoms with Gasteiger partial charge in [-0.1, -0.05) is 48.5 Å². The van der Waals surface area contributed by atoms with Gasteiger partial charge in [0.05, 0.1) is 0 Å². The fourth-order valence-corrected chi connectivity index (χ4v) is 2.21. The van der Waals surface area contributed by atoms with Crippen LogP contribution in [-0.2, 0) is 0 Å². The van der Waals surface area contributed by atoms with E-state index in [0.29, 0.717) is 11.5 Å². The molecule has 0 saturated carbocycles. The summed E-state index contributed by atoms with van der Waals surface area (Å²) in [5, 5.41) is 0. The van der Waals surface area contributed by atoms with Crippen LogP contribution >= 0.6 is 0 Å². The predicted octanol–water partition coefficient (Wildman–Crippen LogP) is 3.72. The first kappa shape index (κ1) is 19.3. The molecule has 0 N–H and O–H groups in total. The van der Waals surface area contributed by atoms with Crippen LogP contribution in [0.25, 0.3) is 0 Å². The molecule has 1 rings (SSSR count). The summed E-state index contributed by atoms with van der Waals surface area (Å²) in [6.45, 7) is 18.7. The maximum Gasteiger partial charge on any atom is 0.0268 e. The van der Waals surface area contributed by atoms with Crippen LogP contribution in [0.2, 0.25) is 0 Å². The zero-order valence-corrected chi connectivity index (χ0v) is 13.8. The van der Waals surface area contributed by atoms with Gasteiger partial charge in [-0.3, -0.25) is 0 Å². The number of hydrogen-bond donors (Lipinski definition) is 0. The third-order valence-corrected chi connectivity index (χ3v) is 3.07. The SMILES string of the molecule is CC.CC.CN1CCCN(C)C(C(C)(C)C)C1. The summed E-state index contributed by atoms with van der Waals surface area (Å²) >= 11 is 0. The first-order valence-corrected chi connectivity index (χ1v) is 7.30. The van der Waals surface area contributed by atoms with Crippen LogP contribution in [0.4, 0.5) is 0 Å². The third-order valence-electron chi connectivity index (χ3n) is 3.07. The molecule has 0 aromatic rings. The van der Waals surface area contributed by atoms with Gasteiger partial charge >= 0.3 is 0 Å². The molecule has 1 aliphatic rings. The Bertz CT molecular complexity index is 161. The van der Waals surface area contributed by atoms with Gasteiger partial charge in [-0.15, -0.1) is 0 Å². The van der Waals surface area contributed by atoms with E-state index < -0.39 is 0 Å². The smallest absolute Gasteiger partial charge is 0.0268 e. The highest BCUT2D eigenvalue weighted by molar-refractivity contribution is 4.85. The molecule has 2 heteroatoms. The van der Waals surface area contributed by atoms with Crippen LogP contribution in [0, 0.1) is 5.41 Å². The lowest BCUT2D eigenvalue weighted by molar-refractivity contribution is 0.116. The number of nitrogens with zero attached hydrogens (tertiary/aromatic N) is 2. The Morgan fingerprint density at radius 3 is 1.76 bits per heavy atom. The van der Waals surface area contributed by atoms with Gasteiger partial charge in [0.25, 0.3) is 0 Å². The van der Waals surface area contributed by atoms with Crippen molar-refractivity contribution >= 4 is 0 Å². The summed E-state index contributed by atoms with van der Waals surface area (Å²) in [4.78, 5) is 4.98. The van der Waals surface area contributed by atoms with Crippen molar-refractivity contribution in [3.8, 4) is 0 Å².